The van der Waals surface area contributed by atoms with Crippen LogP contribution in [0, 0.1) is 5.82 Å². The molecule has 0 bridgehead atoms. The van der Waals surface area contributed by atoms with E-state index in [9.17, 15) is 14.0 Å². The van der Waals surface area contributed by atoms with Gasteiger partial charge in [-0.15, -0.1) is 11.8 Å². The number of thioether (sulfide) groups is 1. The first kappa shape index (κ1) is 18.5. The topological polar surface area (TPSA) is 58.2 Å². The van der Waals surface area contributed by atoms with Crippen molar-refractivity contribution in [3.8, 4) is 0 Å². The molecular weight excluding hydrogens is 303 g/mol. The molecule has 4 nitrogen and oxygen atoms in total. The molecule has 0 heterocycles. The molecule has 0 aliphatic heterocycles. The summed E-state index contributed by atoms with van der Waals surface area (Å²) in [5.41, 5.74) is 0.543. The third kappa shape index (κ3) is 6.47. The number of hydrogen-bond donors (Lipinski definition) is 2. The second-order valence-electron chi connectivity index (χ2n) is 5.03. The van der Waals surface area contributed by atoms with E-state index < -0.39 is 0 Å². The fraction of sp³-hybridized carbons (Fsp3) is 0.500. The van der Waals surface area contributed by atoms with Crippen molar-refractivity contribution in [2.45, 2.75) is 44.9 Å². The van der Waals surface area contributed by atoms with Gasteiger partial charge in [-0.25, -0.2) is 4.39 Å². The Hall–Kier alpha value is -1.56. The molecule has 1 atom stereocenters. The van der Waals surface area contributed by atoms with Gasteiger partial charge >= 0.3 is 0 Å². The van der Waals surface area contributed by atoms with Gasteiger partial charge in [0.2, 0.25) is 11.8 Å². The molecule has 2 N–H and O–H groups in total. The number of carbonyl (C=O) groups excluding carboxylic acids is 2. The van der Waals surface area contributed by atoms with Crippen LogP contribution >= 0.6 is 11.8 Å². The van der Waals surface area contributed by atoms with Crippen molar-refractivity contribution in [2.75, 3.05) is 11.1 Å². The highest BCUT2D eigenvalue weighted by Crippen LogP contribution is 2.13. The summed E-state index contributed by atoms with van der Waals surface area (Å²) in [4.78, 5) is 23.8. The van der Waals surface area contributed by atoms with E-state index in [1.165, 1.54) is 36.0 Å². The quantitative estimate of drug-likeness (QED) is 0.771. The minimum Gasteiger partial charge on any atom is -0.352 e. The third-order valence-corrected chi connectivity index (χ3v) is 4.44. The number of anilines is 1. The predicted molar refractivity (Wildman–Crippen MR) is 89.5 cm³/mol. The van der Waals surface area contributed by atoms with Gasteiger partial charge in [0.1, 0.15) is 5.82 Å². The zero-order valence-corrected chi connectivity index (χ0v) is 14.0. The lowest BCUT2D eigenvalue weighted by atomic mass is 10.2. The molecule has 1 rings (SSSR count). The van der Waals surface area contributed by atoms with Gasteiger partial charge in [-0.3, -0.25) is 9.59 Å². The van der Waals surface area contributed by atoms with Crippen LogP contribution in [0.25, 0.3) is 0 Å². The van der Waals surface area contributed by atoms with E-state index in [4.69, 9.17) is 0 Å². The van der Waals surface area contributed by atoms with Gasteiger partial charge in [-0.05, 0) is 44.0 Å². The number of benzene rings is 1. The molecule has 0 radical (unpaired) electrons. The summed E-state index contributed by atoms with van der Waals surface area (Å²) < 4.78 is 12.8. The molecule has 0 aliphatic carbocycles. The van der Waals surface area contributed by atoms with Crippen LogP contribution < -0.4 is 10.6 Å². The number of carbonyl (C=O) groups is 2. The standard InChI is InChI=1S/C16H23FN2O2S/c1-4-13(5-2)19-16(21)11(3)22-10-15(20)18-14-8-6-12(17)7-9-14/h6-9,11,13H,4-5,10H2,1-3H3,(H,18,20)(H,19,21). The number of rotatable bonds is 8. The SMILES string of the molecule is CCC(CC)NC(=O)C(C)SCC(=O)Nc1ccc(F)cc1. The normalized spacial score (nSPS) is 12.0. The van der Waals surface area contributed by atoms with Gasteiger partial charge in [-0.1, -0.05) is 13.8 Å². The van der Waals surface area contributed by atoms with Crippen LogP contribution in [0.4, 0.5) is 10.1 Å². The molecule has 1 aromatic rings. The molecule has 1 unspecified atom stereocenters. The summed E-state index contributed by atoms with van der Waals surface area (Å²) in [6, 6.07) is 5.76. The maximum atomic E-state index is 12.8. The highest BCUT2D eigenvalue weighted by Gasteiger charge is 2.17. The summed E-state index contributed by atoms with van der Waals surface area (Å²) in [7, 11) is 0. The lowest BCUT2D eigenvalue weighted by Gasteiger charge is -2.18. The summed E-state index contributed by atoms with van der Waals surface area (Å²) in [6.07, 6.45) is 1.79. The van der Waals surface area contributed by atoms with Crippen LogP contribution in [0.1, 0.15) is 33.6 Å². The van der Waals surface area contributed by atoms with Crippen LogP contribution in [0.3, 0.4) is 0 Å². The number of hydrogen-bond acceptors (Lipinski definition) is 3. The van der Waals surface area contributed by atoms with Crippen LogP contribution in [0.2, 0.25) is 0 Å². The average molecular weight is 326 g/mol. The molecule has 0 aromatic heterocycles. The average Bonchev–Trinajstić information content (AvgIpc) is 2.52. The third-order valence-electron chi connectivity index (χ3n) is 3.29. The number of nitrogens with one attached hydrogen (secondary N) is 2. The van der Waals surface area contributed by atoms with E-state index >= 15 is 0 Å². The van der Waals surface area contributed by atoms with Crippen molar-refractivity contribution >= 4 is 29.3 Å². The molecule has 2 amide bonds. The summed E-state index contributed by atoms with van der Waals surface area (Å²) in [5, 5.41) is 5.34. The number of amides is 2. The monoisotopic (exact) mass is 326 g/mol. The summed E-state index contributed by atoms with van der Waals surface area (Å²) in [6.45, 7) is 5.85. The maximum Gasteiger partial charge on any atom is 0.234 e. The van der Waals surface area contributed by atoms with Gasteiger partial charge in [0.15, 0.2) is 0 Å². The molecule has 122 valence electrons. The molecule has 6 heteroatoms. The first-order chi connectivity index (χ1) is 10.5. The Kier molecular flexibility index (Phi) is 7.95. The minimum absolute atomic E-state index is 0.0479. The van der Waals surface area contributed by atoms with E-state index in [0.29, 0.717) is 5.69 Å². The van der Waals surface area contributed by atoms with Crippen molar-refractivity contribution < 1.29 is 14.0 Å². The van der Waals surface area contributed by atoms with Crippen LogP contribution in [-0.4, -0.2) is 28.9 Å². The Labute approximate surface area is 135 Å². The molecule has 0 spiro atoms. The molecule has 0 saturated carbocycles. The lowest BCUT2D eigenvalue weighted by molar-refractivity contribution is -0.121. The first-order valence-corrected chi connectivity index (χ1v) is 8.48. The Balaban J connectivity index is 2.36. The van der Waals surface area contributed by atoms with E-state index in [1.54, 1.807) is 6.92 Å². The fourth-order valence-corrected chi connectivity index (χ4v) is 2.51. The van der Waals surface area contributed by atoms with Gasteiger partial charge in [0.25, 0.3) is 0 Å². The van der Waals surface area contributed by atoms with E-state index in [-0.39, 0.29) is 34.7 Å². The van der Waals surface area contributed by atoms with Crippen molar-refractivity contribution in [1.29, 1.82) is 0 Å². The zero-order valence-electron chi connectivity index (χ0n) is 13.2. The molecular formula is C16H23FN2O2S. The summed E-state index contributed by atoms with van der Waals surface area (Å²) in [5.74, 6) is -0.430. The van der Waals surface area contributed by atoms with E-state index in [1.807, 2.05) is 13.8 Å². The van der Waals surface area contributed by atoms with Gasteiger partial charge < -0.3 is 10.6 Å². The smallest absolute Gasteiger partial charge is 0.234 e. The predicted octanol–water partition coefficient (Wildman–Crippen LogP) is 3.19. The zero-order chi connectivity index (χ0) is 16.5. The molecule has 0 fully saturated rings. The van der Waals surface area contributed by atoms with Crippen LogP contribution in [-0.2, 0) is 9.59 Å². The van der Waals surface area contributed by atoms with Gasteiger partial charge in [0, 0.05) is 11.7 Å². The van der Waals surface area contributed by atoms with Crippen LogP contribution in [0.5, 0.6) is 0 Å². The fourth-order valence-electron chi connectivity index (χ4n) is 1.82. The Morgan fingerprint density at radius 1 is 1.18 bits per heavy atom. The molecule has 1 aromatic carbocycles. The number of halogens is 1. The minimum atomic E-state index is -0.348. The maximum absolute atomic E-state index is 12.8. The van der Waals surface area contributed by atoms with E-state index in [2.05, 4.69) is 10.6 Å². The van der Waals surface area contributed by atoms with E-state index in [0.717, 1.165) is 12.8 Å². The highest BCUT2D eigenvalue weighted by atomic mass is 32.2. The Morgan fingerprint density at radius 3 is 2.32 bits per heavy atom. The van der Waals surface area contributed by atoms with Crippen molar-refractivity contribution in [1.82, 2.24) is 5.32 Å². The lowest BCUT2D eigenvalue weighted by Crippen LogP contribution is -2.39. The first-order valence-electron chi connectivity index (χ1n) is 7.43. The highest BCUT2D eigenvalue weighted by molar-refractivity contribution is 8.01. The molecule has 0 saturated heterocycles. The summed E-state index contributed by atoms with van der Waals surface area (Å²) >= 11 is 1.28. The van der Waals surface area contributed by atoms with Gasteiger partial charge in [0.05, 0.1) is 11.0 Å². The van der Waals surface area contributed by atoms with Gasteiger partial charge in [-0.2, -0.15) is 0 Å². The Bertz CT molecular complexity index is 489. The van der Waals surface area contributed by atoms with Crippen molar-refractivity contribution in [2.24, 2.45) is 0 Å². The van der Waals surface area contributed by atoms with Crippen molar-refractivity contribution in [3.05, 3.63) is 30.1 Å². The van der Waals surface area contributed by atoms with Crippen molar-refractivity contribution in [3.63, 3.8) is 0 Å². The largest absolute Gasteiger partial charge is 0.352 e. The molecule has 22 heavy (non-hydrogen) atoms. The Morgan fingerprint density at radius 2 is 1.77 bits per heavy atom. The molecule has 0 aliphatic rings. The second kappa shape index (κ2) is 9.46. The second-order valence-corrected chi connectivity index (χ2v) is 6.36. The van der Waals surface area contributed by atoms with Crippen LogP contribution in [0.15, 0.2) is 24.3 Å².